The molecule has 0 saturated carbocycles. The summed E-state index contributed by atoms with van der Waals surface area (Å²) in [5, 5.41) is 11.8. The SMILES string of the molecule is Cc1nnc(C)n1/N=C/c1ccccc1F. The highest BCUT2D eigenvalue weighted by Crippen LogP contribution is 2.04. The summed E-state index contributed by atoms with van der Waals surface area (Å²) in [6, 6.07) is 6.46. The van der Waals surface area contributed by atoms with Gasteiger partial charge in [0.05, 0.1) is 6.21 Å². The van der Waals surface area contributed by atoms with Gasteiger partial charge in [0.2, 0.25) is 0 Å². The number of aryl methyl sites for hydroxylation is 2. The van der Waals surface area contributed by atoms with E-state index in [1.165, 1.54) is 12.3 Å². The molecule has 0 unspecified atom stereocenters. The van der Waals surface area contributed by atoms with Crippen LogP contribution in [0.5, 0.6) is 0 Å². The predicted molar refractivity (Wildman–Crippen MR) is 58.9 cm³/mol. The molecule has 1 heterocycles. The maximum atomic E-state index is 13.3. The first kappa shape index (κ1) is 10.5. The molecular weight excluding hydrogens is 207 g/mol. The molecule has 0 aliphatic rings. The summed E-state index contributed by atoms with van der Waals surface area (Å²) in [5.41, 5.74) is 0.440. The Kier molecular flexibility index (Phi) is 2.76. The Balaban J connectivity index is 2.32. The van der Waals surface area contributed by atoms with Gasteiger partial charge in [-0.15, -0.1) is 10.2 Å². The van der Waals surface area contributed by atoms with E-state index < -0.39 is 0 Å². The summed E-state index contributed by atoms with van der Waals surface area (Å²) in [6.45, 7) is 3.58. The van der Waals surface area contributed by atoms with Gasteiger partial charge in [-0.3, -0.25) is 0 Å². The maximum absolute atomic E-state index is 13.3. The van der Waals surface area contributed by atoms with Crippen molar-refractivity contribution in [2.24, 2.45) is 5.10 Å². The van der Waals surface area contributed by atoms with Crippen molar-refractivity contribution < 1.29 is 4.39 Å². The molecule has 2 rings (SSSR count). The van der Waals surface area contributed by atoms with Crippen molar-refractivity contribution in [1.29, 1.82) is 0 Å². The highest BCUT2D eigenvalue weighted by Gasteiger charge is 2.02. The predicted octanol–water partition coefficient (Wildman–Crippen LogP) is 1.92. The van der Waals surface area contributed by atoms with Gasteiger partial charge in [-0.05, 0) is 19.9 Å². The van der Waals surface area contributed by atoms with Crippen molar-refractivity contribution in [1.82, 2.24) is 14.9 Å². The number of aromatic nitrogens is 3. The van der Waals surface area contributed by atoms with Crippen LogP contribution in [0.2, 0.25) is 0 Å². The number of hydrogen-bond acceptors (Lipinski definition) is 3. The molecule has 5 heteroatoms. The van der Waals surface area contributed by atoms with Crippen LogP contribution in [-0.4, -0.2) is 21.1 Å². The van der Waals surface area contributed by atoms with Gasteiger partial charge in [0.25, 0.3) is 0 Å². The van der Waals surface area contributed by atoms with Crippen LogP contribution in [0.1, 0.15) is 17.2 Å². The fourth-order valence-electron chi connectivity index (χ4n) is 1.33. The van der Waals surface area contributed by atoms with E-state index >= 15 is 0 Å². The molecule has 0 spiro atoms. The van der Waals surface area contributed by atoms with Crippen molar-refractivity contribution in [2.75, 3.05) is 0 Å². The molecule has 0 radical (unpaired) electrons. The molecule has 1 aromatic heterocycles. The topological polar surface area (TPSA) is 43.1 Å². The summed E-state index contributed by atoms with van der Waals surface area (Å²) in [6.07, 6.45) is 1.46. The van der Waals surface area contributed by atoms with Crippen molar-refractivity contribution in [3.05, 3.63) is 47.3 Å². The average Bonchev–Trinajstić information content (AvgIpc) is 2.58. The van der Waals surface area contributed by atoms with Crippen molar-refractivity contribution in [3.63, 3.8) is 0 Å². The van der Waals surface area contributed by atoms with Crippen LogP contribution in [-0.2, 0) is 0 Å². The summed E-state index contributed by atoms with van der Waals surface area (Å²) in [5.74, 6) is 1.05. The lowest BCUT2D eigenvalue weighted by atomic mass is 10.2. The standard InChI is InChI=1S/C11H11FN4/c1-8-14-15-9(2)16(8)13-7-10-5-3-4-6-11(10)12/h3-7H,1-2H3/b13-7+. The fourth-order valence-corrected chi connectivity index (χ4v) is 1.33. The van der Waals surface area contributed by atoms with E-state index in [0.717, 1.165) is 0 Å². The van der Waals surface area contributed by atoms with E-state index in [0.29, 0.717) is 17.2 Å². The first-order chi connectivity index (χ1) is 7.68. The zero-order chi connectivity index (χ0) is 11.5. The summed E-state index contributed by atoms with van der Waals surface area (Å²) in [7, 11) is 0. The Morgan fingerprint density at radius 2 is 1.81 bits per heavy atom. The minimum Gasteiger partial charge on any atom is -0.206 e. The maximum Gasteiger partial charge on any atom is 0.151 e. The average molecular weight is 218 g/mol. The Morgan fingerprint density at radius 3 is 2.44 bits per heavy atom. The van der Waals surface area contributed by atoms with Crippen molar-refractivity contribution in [2.45, 2.75) is 13.8 Å². The molecular formula is C11H11FN4. The van der Waals surface area contributed by atoms with Crippen LogP contribution in [0.25, 0.3) is 0 Å². The molecule has 0 saturated heterocycles. The van der Waals surface area contributed by atoms with E-state index in [1.54, 1.807) is 36.7 Å². The molecule has 0 atom stereocenters. The third-order valence-corrected chi connectivity index (χ3v) is 2.17. The largest absolute Gasteiger partial charge is 0.206 e. The Labute approximate surface area is 92.4 Å². The molecule has 0 bridgehead atoms. The van der Waals surface area contributed by atoms with Crippen molar-refractivity contribution >= 4 is 6.21 Å². The highest BCUT2D eigenvalue weighted by atomic mass is 19.1. The lowest BCUT2D eigenvalue weighted by Crippen LogP contribution is -1.97. The van der Waals surface area contributed by atoms with E-state index in [-0.39, 0.29) is 5.82 Å². The van der Waals surface area contributed by atoms with Gasteiger partial charge in [-0.1, -0.05) is 18.2 Å². The number of hydrogen-bond donors (Lipinski definition) is 0. The number of benzene rings is 1. The highest BCUT2D eigenvalue weighted by molar-refractivity contribution is 5.79. The molecule has 0 fully saturated rings. The fraction of sp³-hybridized carbons (Fsp3) is 0.182. The lowest BCUT2D eigenvalue weighted by molar-refractivity contribution is 0.625. The number of nitrogens with zero attached hydrogens (tertiary/aromatic N) is 4. The molecule has 0 N–H and O–H groups in total. The minimum atomic E-state index is -0.297. The van der Waals surface area contributed by atoms with E-state index in [9.17, 15) is 4.39 Å². The minimum absolute atomic E-state index is 0.297. The Bertz CT molecular complexity index is 511. The van der Waals surface area contributed by atoms with Gasteiger partial charge in [-0.2, -0.15) is 5.10 Å². The van der Waals surface area contributed by atoms with Gasteiger partial charge >= 0.3 is 0 Å². The Morgan fingerprint density at radius 1 is 1.19 bits per heavy atom. The van der Waals surface area contributed by atoms with E-state index in [4.69, 9.17) is 0 Å². The molecule has 1 aromatic carbocycles. The van der Waals surface area contributed by atoms with Crippen LogP contribution in [0.15, 0.2) is 29.4 Å². The second kappa shape index (κ2) is 4.22. The third-order valence-electron chi connectivity index (χ3n) is 2.17. The van der Waals surface area contributed by atoms with Crippen LogP contribution in [0.3, 0.4) is 0 Å². The van der Waals surface area contributed by atoms with Crippen molar-refractivity contribution in [3.8, 4) is 0 Å². The first-order valence-electron chi connectivity index (χ1n) is 4.86. The van der Waals surface area contributed by atoms with Gasteiger partial charge in [0, 0.05) is 5.56 Å². The van der Waals surface area contributed by atoms with Crippen LogP contribution < -0.4 is 0 Å². The van der Waals surface area contributed by atoms with Gasteiger partial charge in [0.1, 0.15) is 5.82 Å². The Hall–Kier alpha value is -2.04. The molecule has 82 valence electrons. The summed E-state index contributed by atoms with van der Waals surface area (Å²) in [4.78, 5) is 0. The second-order valence-electron chi connectivity index (χ2n) is 3.37. The summed E-state index contributed by atoms with van der Waals surface area (Å²) >= 11 is 0. The molecule has 0 amide bonds. The lowest BCUT2D eigenvalue weighted by Gasteiger charge is -1.98. The molecule has 0 aliphatic carbocycles. The third kappa shape index (κ3) is 1.98. The smallest absolute Gasteiger partial charge is 0.151 e. The van der Waals surface area contributed by atoms with E-state index in [1.807, 2.05) is 0 Å². The molecule has 4 nitrogen and oxygen atoms in total. The molecule has 16 heavy (non-hydrogen) atoms. The first-order valence-corrected chi connectivity index (χ1v) is 4.86. The monoisotopic (exact) mass is 218 g/mol. The second-order valence-corrected chi connectivity index (χ2v) is 3.37. The van der Waals surface area contributed by atoms with Gasteiger partial charge in [-0.25, -0.2) is 9.07 Å². The normalized spacial score (nSPS) is 11.2. The van der Waals surface area contributed by atoms with Gasteiger partial charge < -0.3 is 0 Å². The van der Waals surface area contributed by atoms with Crippen LogP contribution in [0.4, 0.5) is 4.39 Å². The quantitative estimate of drug-likeness (QED) is 0.723. The molecule has 0 aliphatic heterocycles. The van der Waals surface area contributed by atoms with Crippen LogP contribution >= 0.6 is 0 Å². The number of halogens is 1. The zero-order valence-electron chi connectivity index (χ0n) is 9.05. The molecule has 2 aromatic rings. The number of rotatable bonds is 2. The van der Waals surface area contributed by atoms with Crippen LogP contribution in [0, 0.1) is 19.7 Å². The van der Waals surface area contributed by atoms with Gasteiger partial charge in [0.15, 0.2) is 11.6 Å². The van der Waals surface area contributed by atoms with E-state index in [2.05, 4.69) is 15.3 Å². The summed E-state index contributed by atoms with van der Waals surface area (Å²) < 4.78 is 14.8. The zero-order valence-corrected chi connectivity index (χ0v) is 9.05.